The number of ether oxygens (including phenoxy) is 1. The van der Waals surface area contributed by atoms with E-state index in [9.17, 15) is 5.11 Å². The zero-order valence-electron chi connectivity index (χ0n) is 19.1. The first-order valence-electron chi connectivity index (χ1n) is 11.6. The lowest BCUT2D eigenvalue weighted by Crippen LogP contribution is -2.34. The number of aliphatic hydroxyl groups excluding tert-OH is 1. The van der Waals surface area contributed by atoms with Crippen molar-refractivity contribution in [2.75, 3.05) is 26.2 Å². The van der Waals surface area contributed by atoms with Gasteiger partial charge in [0.15, 0.2) is 5.65 Å². The molecule has 1 aliphatic rings. The summed E-state index contributed by atoms with van der Waals surface area (Å²) in [5, 5.41) is 14.1. The lowest BCUT2D eigenvalue weighted by atomic mass is 10.1. The molecule has 8 heteroatoms. The van der Waals surface area contributed by atoms with Crippen LogP contribution in [0.3, 0.4) is 0 Å². The maximum Gasteiger partial charge on any atom is 0.156 e. The van der Waals surface area contributed by atoms with Gasteiger partial charge < -0.3 is 19.7 Å². The summed E-state index contributed by atoms with van der Waals surface area (Å²) in [5.41, 5.74) is 5.40. The normalized spacial score (nSPS) is 16.3. The van der Waals surface area contributed by atoms with Gasteiger partial charge in [-0.15, -0.1) is 0 Å². The molecule has 1 fully saturated rings. The predicted octanol–water partition coefficient (Wildman–Crippen LogP) is 3.90. The number of piperidine rings is 1. The molecule has 2 N–H and O–H groups in total. The van der Waals surface area contributed by atoms with Gasteiger partial charge in [-0.05, 0) is 50.6 Å². The predicted molar refractivity (Wildman–Crippen MR) is 128 cm³/mol. The Morgan fingerprint density at radius 1 is 1.15 bits per heavy atom. The highest BCUT2D eigenvalue weighted by atomic mass is 16.5. The van der Waals surface area contributed by atoms with Crippen molar-refractivity contribution in [2.24, 2.45) is 0 Å². The molecular weight excluding hydrogens is 416 g/mol. The third-order valence-electron chi connectivity index (χ3n) is 6.31. The molecule has 0 amide bonds. The molecule has 1 saturated heterocycles. The molecule has 172 valence electrons. The second-order valence-corrected chi connectivity index (χ2v) is 8.71. The van der Waals surface area contributed by atoms with Crippen molar-refractivity contribution in [3.05, 3.63) is 49.1 Å². The van der Waals surface area contributed by atoms with E-state index in [-0.39, 0.29) is 6.61 Å². The van der Waals surface area contributed by atoms with Crippen molar-refractivity contribution in [2.45, 2.75) is 38.8 Å². The monoisotopic (exact) mass is 446 g/mol. The number of aromatic amines is 1. The molecule has 0 spiro atoms. The number of likely N-dealkylation sites (tertiary alicyclic amines) is 1. The van der Waals surface area contributed by atoms with E-state index < -0.39 is 6.10 Å². The van der Waals surface area contributed by atoms with Crippen LogP contribution in [0.1, 0.15) is 32.7 Å². The van der Waals surface area contributed by atoms with Crippen molar-refractivity contribution in [1.82, 2.24) is 29.6 Å². The van der Waals surface area contributed by atoms with Gasteiger partial charge in [-0.25, -0.2) is 9.97 Å². The average molecular weight is 447 g/mol. The third kappa shape index (κ3) is 4.62. The molecule has 3 aromatic heterocycles. The SMILES string of the molecule is CCN1CCC(n2cc(-c3c[nH]c4ncc(-c5ccc(OC[C@H](C)O)cc5)nc34)cn2)CC1. The molecule has 0 aliphatic carbocycles. The molecular formula is C25H30N6O2. The van der Waals surface area contributed by atoms with Crippen LogP contribution in [0.25, 0.3) is 33.5 Å². The topological polar surface area (TPSA) is 92.1 Å². The summed E-state index contributed by atoms with van der Waals surface area (Å²) < 4.78 is 7.67. The summed E-state index contributed by atoms with van der Waals surface area (Å²) in [6, 6.07) is 8.13. The number of nitrogens with zero attached hydrogens (tertiary/aromatic N) is 5. The van der Waals surface area contributed by atoms with E-state index in [4.69, 9.17) is 9.72 Å². The fourth-order valence-corrected chi connectivity index (χ4v) is 4.37. The van der Waals surface area contributed by atoms with E-state index in [1.165, 1.54) is 0 Å². The van der Waals surface area contributed by atoms with E-state index in [1.807, 2.05) is 36.7 Å². The second kappa shape index (κ2) is 9.33. The molecule has 0 radical (unpaired) electrons. The van der Waals surface area contributed by atoms with Gasteiger partial charge >= 0.3 is 0 Å². The molecule has 4 aromatic rings. The molecule has 0 unspecified atom stereocenters. The summed E-state index contributed by atoms with van der Waals surface area (Å²) in [5.74, 6) is 0.716. The number of benzene rings is 1. The highest BCUT2D eigenvalue weighted by Crippen LogP contribution is 2.30. The number of fused-ring (bicyclic) bond motifs is 1. The quantitative estimate of drug-likeness (QED) is 0.447. The highest BCUT2D eigenvalue weighted by molar-refractivity contribution is 5.91. The van der Waals surface area contributed by atoms with Gasteiger partial charge in [0, 0.05) is 42.2 Å². The Morgan fingerprint density at radius 3 is 2.67 bits per heavy atom. The highest BCUT2D eigenvalue weighted by Gasteiger charge is 2.21. The van der Waals surface area contributed by atoms with Crippen LogP contribution >= 0.6 is 0 Å². The summed E-state index contributed by atoms with van der Waals surface area (Å²) in [6.07, 6.45) is 9.56. The Kier molecular flexibility index (Phi) is 6.11. The van der Waals surface area contributed by atoms with Crippen LogP contribution in [0.2, 0.25) is 0 Å². The molecule has 1 atom stereocenters. The molecule has 1 aromatic carbocycles. The first-order chi connectivity index (χ1) is 16.1. The summed E-state index contributed by atoms with van der Waals surface area (Å²) in [6.45, 7) is 7.56. The number of rotatable bonds is 7. The average Bonchev–Trinajstić information content (AvgIpc) is 3.50. The van der Waals surface area contributed by atoms with E-state index in [2.05, 4.69) is 37.8 Å². The zero-order valence-corrected chi connectivity index (χ0v) is 19.1. The fraction of sp³-hybridized carbons (Fsp3) is 0.400. The summed E-state index contributed by atoms with van der Waals surface area (Å²) in [4.78, 5) is 15.2. The van der Waals surface area contributed by atoms with Crippen LogP contribution < -0.4 is 4.74 Å². The first kappa shape index (κ1) is 21.6. The minimum absolute atomic E-state index is 0.267. The molecule has 1 aliphatic heterocycles. The Hall–Kier alpha value is -3.23. The molecule has 4 heterocycles. The third-order valence-corrected chi connectivity index (χ3v) is 6.31. The molecule has 0 saturated carbocycles. The van der Waals surface area contributed by atoms with Crippen molar-refractivity contribution < 1.29 is 9.84 Å². The molecule has 0 bridgehead atoms. The van der Waals surface area contributed by atoms with Gasteiger partial charge in [0.25, 0.3) is 0 Å². The second-order valence-electron chi connectivity index (χ2n) is 8.71. The van der Waals surface area contributed by atoms with E-state index >= 15 is 0 Å². The van der Waals surface area contributed by atoms with Crippen molar-refractivity contribution in [1.29, 1.82) is 0 Å². The number of hydrogen-bond donors (Lipinski definition) is 2. The maximum atomic E-state index is 9.39. The van der Waals surface area contributed by atoms with Crippen LogP contribution in [-0.2, 0) is 0 Å². The maximum absolute atomic E-state index is 9.39. The molecule has 33 heavy (non-hydrogen) atoms. The van der Waals surface area contributed by atoms with Gasteiger partial charge in [0.2, 0.25) is 0 Å². The Balaban J connectivity index is 1.38. The first-order valence-corrected chi connectivity index (χ1v) is 11.6. The van der Waals surface area contributed by atoms with Crippen molar-refractivity contribution in [3.8, 4) is 28.1 Å². The van der Waals surface area contributed by atoms with Gasteiger partial charge in [0.05, 0.1) is 30.2 Å². The van der Waals surface area contributed by atoms with Gasteiger partial charge in [-0.3, -0.25) is 4.68 Å². The smallest absolute Gasteiger partial charge is 0.156 e. The summed E-state index contributed by atoms with van der Waals surface area (Å²) in [7, 11) is 0. The number of nitrogens with one attached hydrogen (secondary N) is 1. The largest absolute Gasteiger partial charge is 0.491 e. The van der Waals surface area contributed by atoms with E-state index in [0.717, 1.165) is 66.0 Å². The van der Waals surface area contributed by atoms with Gasteiger partial charge in [-0.1, -0.05) is 6.92 Å². The summed E-state index contributed by atoms with van der Waals surface area (Å²) >= 11 is 0. The van der Waals surface area contributed by atoms with E-state index in [1.54, 1.807) is 13.1 Å². The van der Waals surface area contributed by atoms with Crippen LogP contribution in [0.4, 0.5) is 0 Å². The number of aromatic nitrogens is 5. The molecule has 8 nitrogen and oxygen atoms in total. The van der Waals surface area contributed by atoms with Crippen molar-refractivity contribution in [3.63, 3.8) is 0 Å². The lowest BCUT2D eigenvalue weighted by molar-refractivity contribution is 0.123. The number of aliphatic hydroxyl groups is 1. The number of H-pyrrole nitrogens is 1. The fourth-order valence-electron chi connectivity index (χ4n) is 4.37. The van der Waals surface area contributed by atoms with Crippen molar-refractivity contribution >= 4 is 11.2 Å². The van der Waals surface area contributed by atoms with Gasteiger partial charge in [0.1, 0.15) is 17.9 Å². The molecule has 5 rings (SSSR count). The zero-order chi connectivity index (χ0) is 22.8. The van der Waals surface area contributed by atoms with Crippen LogP contribution in [0, 0.1) is 0 Å². The Morgan fingerprint density at radius 2 is 1.94 bits per heavy atom. The number of hydrogen-bond acceptors (Lipinski definition) is 6. The minimum atomic E-state index is -0.501. The Labute approximate surface area is 193 Å². The lowest BCUT2D eigenvalue weighted by Gasteiger charge is -2.31. The van der Waals surface area contributed by atoms with Crippen LogP contribution in [0.15, 0.2) is 49.1 Å². The minimum Gasteiger partial charge on any atom is -0.491 e. The van der Waals surface area contributed by atoms with E-state index in [0.29, 0.717) is 11.8 Å². The van der Waals surface area contributed by atoms with Gasteiger partial charge in [-0.2, -0.15) is 5.10 Å². The standard InChI is InChI=1S/C25H30N6O2/c1-3-30-10-8-20(9-11-30)31-15-19(12-28-31)22-13-26-25-24(22)29-23(14-27-25)18-4-6-21(7-5-18)33-16-17(2)32/h4-7,12-15,17,20,32H,3,8-11,16H2,1-2H3,(H,26,27)/t17-/m0/s1. The van der Waals surface area contributed by atoms with Crippen LogP contribution in [-0.4, -0.2) is 67.1 Å². The Bertz CT molecular complexity index is 1210. The van der Waals surface area contributed by atoms with Crippen LogP contribution in [0.5, 0.6) is 5.75 Å².